The maximum absolute atomic E-state index is 13.3. The summed E-state index contributed by atoms with van der Waals surface area (Å²) >= 11 is 0. The Labute approximate surface area is 86.9 Å². The van der Waals surface area contributed by atoms with E-state index in [2.05, 4.69) is 4.74 Å². The van der Waals surface area contributed by atoms with Gasteiger partial charge in [0, 0.05) is 12.0 Å². The van der Waals surface area contributed by atoms with Crippen LogP contribution < -0.4 is 0 Å². The van der Waals surface area contributed by atoms with Crippen molar-refractivity contribution in [2.24, 2.45) is 0 Å². The van der Waals surface area contributed by atoms with Crippen LogP contribution in [-0.4, -0.2) is 19.4 Å². The first-order valence-electron chi connectivity index (χ1n) is 4.47. The Hall–Kier alpha value is -1.71. The van der Waals surface area contributed by atoms with Crippen LogP contribution in [-0.2, 0) is 16.0 Å². The number of benzene rings is 1. The summed E-state index contributed by atoms with van der Waals surface area (Å²) in [6, 6.07) is 4.17. The van der Waals surface area contributed by atoms with E-state index < -0.39 is 5.82 Å². The molecule has 1 aromatic carbocycles. The Morgan fingerprint density at radius 1 is 1.53 bits per heavy atom. The van der Waals surface area contributed by atoms with Gasteiger partial charge in [-0.15, -0.1) is 0 Å². The number of rotatable bonds is 4. The maximum Gasteiger partial charge on any atom is 0.305 e. The zero-order valence-electron chi connectivity index (χ0n) is 8.33. The van der Waals surface area contributed by atoms with Gasteiger partial charge in [0.15, 0.2) is 0 Å². The number of aldehydes is 1. The predicted molar refractivity (Wildman–Crippen MR) is 52.1 cm³/mol. The predicted octanol–water partition coefficient (Wildman–Crippen LogP) is 1.74. The second-order valence-electron chi connectivity index (χ2n) is 3.04. The van der Waals surface area contributed by atoms with Gasteiger partial charge in [-0.25, -0.2) is 4.39 Å². The first-order valence-corrected chi connectivity index (χ1v) is 4.47. The summed E-state index contributed by atoms with van der Waals surface area (Å²) in [5, 5.41) is 0. The van der Waals surface area contributed by atoms with Crippen LogP contribution in [0.25, 0.3) is 0 Å². The van der Waals surface area contributed by atoms with Crippen molar-refractivity contribution >= 4 is 12.3 Å². The van der Waals surface area contributed by atoms with Crippen LogP contribution in [0.5, 0.6) is 0 Å². The molecule has 0 saturated carbocycles. The molecular formula is C11H11FO3. The van der Waals surface area contributed by atoms with Crippen molar-refractivity contribution in [3.63, 3.8) is 0 Å². The largest absolute Gasteiger partial charge is 0.469 e. The van der Waals surface area contributed by atoms with Crippen LogP contribution in [0, 0.1) is 5.82 Å². The summed E-state index contributed by atoms with van der Waals surface area (Å²) in [6.45, 7) is 0. The number of hydrogen-bond acceptors (Lipinski definition) is 3. The Morgan fingerprint density at radius 3 is 2.80 bits per heavy atom. The maximum atomic E-state index is 13.3. The summed E-state index contributed by atoms with van der Waals surface area (Å²) in [4.78, 5) is 21.2. The van der Waals surface area contributed by atoms with Gasteiger partial charge in [0.1, 0.15) is 12.1 Å². The molecular weight excluding hydrogens is 199 g/mol. The van der Waals surface area contributed by atoms with E-state index in [9.17, 15) is 14.0 Å². The van der Waals surface area contributed by atoms with Crippen LogP contribution in [0.2, 0.25) is 0 Å². The Morgan fingerprint density at radius 2 is 2.27 bits per heavy atom. The number of carbonyl (C=O) groups is 2. The highest BCUT2D eigenvalue weighted by molar-refractivity contribution is 5.74. The first kappa shape index (κ1) is 11.4. The molecule has 4 heteroatoms. The lowest BCUT2D eigenvalue weighted by Crippen LogP contribution is -2.03. The third kappa shape index (κ3) is 3.16. The highest BCUT2D eigenvalue weighted by Crippen LogP contribution is 2.11. The average Bonchev–Trinajstić information content (AvgIpc) is 2.26. The molecule has 80 valence electrons. The highest BCUT2D eigenvalue weighted by atomic mass is 19.1. The van der Waals surface area contributed by atoms with E-state index in [1.807, 2.05) is 0 Å². The molecule has 0 atom stereocenters. The molecule has 0 aliphatic carbocycles. The van der Waals surface area contributed by atoms with Crippen molar-refractivity contribution in [2.75, 3.05) is 7.11 Å². The lowest BCUT2D eigenvalue weighted by molar-refractivity contribution is -0.140. The second kappa shape index (κ2) is 5.24. The van der Waals surface area contributed by atoms with Crippen molar-refractivity contribution in [1.29, 1.82) is 0 Å². The Balaban J connectivity index is 2.70. The van der Waals surface area contributed by atoms with Crippen LogP contribution >= 0.6 is 0 Å². The molecule has 0 heterocycles. The summed E-state index contributed by atoms with van der Waals surface area (Å²) < 4.78 is 17.7. The minimum absolute atomic E-state index is 0.133. The van der Waals surface area contributed by atoms with Gasteiger partial charge in [-0.3, -0.25) is 9.59 Å². The SMILES string of the molecule is COC(=O)CCc1ccc(C=O)cc1F. The molecule has 15 heavy (non-hydrogen) atoms. The van der Waals surface area contributed by atoms with Crippen molar-refractivity contribution in [3.05, 3.63) is 35.1 Å². The smallest absolute Gasteiger partial charge is 0.305 e. The summed E-state index contributed by atoms with van der Waals surface area (Å²) in [6.07, 6.45) is 0.985. The van der Waals surface area contributed by atoms with E-state index in [4.69, 9.17) is 0 Å². The molecule has 0 aromatic heterocycles. The van der Waals surface area contributed by atoms with Gasteiger partial charge >= 0.3 is 5.97 Å². The van der Waals surface area contributed by atoms with Gasteiger partial charge in [0.05, 0.1) is 7.11 Å². The van der Waals surface area contributed by atoms with Crippen LogP contribution in [0.4, 0.5) is 4.39 Å². The molecule has 0 aliphatic heterocycles. The van der Waals surface area contributed by atoms with Crippen LogP contribution in [0.1, 0.15) is 22.3 Å². The molecule has 0 amide bonds. The number of esters is 1. The number of hydrogen-bond donors (Lipinski definition) is 0. The second-order valence-corrected chi connectivity index (χ2v) is 3.04. The fraction of sp³-hybridized carbons (Fsp3) is 0.273. The van der Waals surface area contributed by atoms with E-state index in [1.54, 1.807) is 0 Å². The Kier molecular flexibility index (Phi) is 3.97. The molecule has 0 aliphatic rings. The third-order valence-corrected chi connectivity index (χ3v) is 2.04. The fourth-order valence-corrected chi connectivity index (χ4v) is 1.18. The number of carbonyl (C=O) groups excluding carboxylic acids is 2. The minimum atomic E-state index is -0.469. The normalized spacial score (nSPS) is 9.73. The van der Waals surface area contributed by atoms with Gasteiger partial charge in [-0.05, 0) is 18.1 Å². The van der Waals surface area contributed by atoms with Crippen molar-refractivity contribution in [1.82, 2.24) is 0 Å². The topological polar surface area (TPSA) is 43.4 Å². The molecule has 0 fully saturated rings. The van der Waals surface area contributed by atoms with Crippen molar-refractivity contribution in [2.45, 2.75) is 12.8 Å². The average molecular weight is 210 g/mol. The van der Waals surface area contributed by atoms with Crippen LogP contribution in [0.15, 0.2) is 18.2 Å². The zero-order valence-corrected chi connectivity index (χ0v) is 8.33. The molecule has 0 radical (unpaired) electrons. The van der Waals surface area contributed by atoms with Crippen molar-refractivity contribution < 1.29 is 18.7 Å². The quantitative estimate of drug-likeness (QED) is 0.561. The van der Waals surface area contributed by atoms with E-state index in [0.717, 1.165) is 6.07 Å². The molecule has 0 bridgehead atoms. The highest BCUT2D eigenvalue weighted by Gasteiger charge is 2.06. The molecule has 1 aromatic rings. The van der Waals surface area contributed by atoms with E-state index in [0.29, 0.717) is 11.8 Å². The molecule has 0 unspecified atom stereocenters. The Bertz CT molecular complexity index is 374. The molecule has 1 rings (SSSR count). The first-order chi connectivity index (χ1) is 7.17. The molecule has 0 N–H and O–H groups in total. The monoisotopic (exact) mass is 210 g/mol. The molecule has 3 nitrogen and oxygen atoms in total. The van der Waals surface area contributed by atoms with Gasteiger partial charge < -0.3 is 4.74 Å². The summed E-state index contributed by atoms with van der Waals surface area (Å²) in [5.41, 5.74) is 0.695. The van der Waals surface area contributed by atoms with Gasteiger partial charge in [-0.2, -0.15) is 0 Å². The van der Waals surface area contributed by atoms with Gasteiger partial charge in [-0.1, -0.05) is 12.1 Å². The molecule has 0 saturated heterocycles. The third-order valence-electron chi connectivity index (χ3n) is 2.04. The zero-order chi connectivity index (χ0) is 11.3. The van der Waals surface area contributed by atoms with E-state index in [1.165, 1.54) is 19.2 Å². The van der Waals surface area contributed by atoms with Gasteiger partial charge in [0.2, 0.25) is 0 Å². The summed E-state index contributed by atoms with van der Waals surface area (Å²) in [7, 11) is 1.29. The van der Waals surface area contributed by atoms with E-state index in [-0.39, 0.29) is 24.4 Å². The number of methoxy groups -OCH3 is 1. The summed E-state index contributed by atoms with van der Waals surface area (Å²) in [5.74, 6) is -0.850. The standard InChI is InChI=1S/C11H11FO3/c1-15-11(14)5-4-9-3-2-8(7-13)6-10(9)12/h2-3,6-7H,4-5H2,1H3. The molecule has 0 spiro atoms. The lowest BCUT2D eigenvalue weighted by Gasteiger charge is -2.02. The van der Waals surface area contributed by atoms with E-state index >= 15 is 0 Å². The number of ether oxygens (including phenoxy) is 1. The van der Waals surface area contributed by atoms with Crippen LogP contribution in [0.3, 0.4) is 0 Å². The number of aryl methyl sites for hydroxylation is 1. The lowest BCUT2D eigenvalue weighted by atomic mass is 10.1. The van der Waals surface area contributed by atoms with Gasteiger partial charge in [0.25, 0.3) is 0 Å². The minimum Gasteiger partial charge on any atom is -0.469 e. The fourth-order valence-electron chi connectivity index (χ4n) is 1.18. The number of halogens is 1. The van der Waals surface area contributed by atoms with Crippen molar-refractivity contribution in [3.8, 4) is 0 Å².